The third-order valence-electron chi connectivity index (χ3n) is 5.32. The van der Waals surface area contributed by atoms with Gasteiger partial charge in [0.25, 0.3) is 11.6 Å². The molecule has 0 aliphatic carbocycles. The lowest BCUT2D eigenvalue weighted by molar-refractivity contribution is -0.384. The molecule has 3 aromatic carbocycles. The fourth-order valence-electron chi connectivity index (χ4n) is 3.73. The van der Waals surface area contributed by atoms with Crippen molar-refractivity contribution in [1.29, 1.82) is 0 Å². The number of halogens is 1. The van der Waals surface area contributed by atoms with E-state index in [1.165, 1.54) is 17.1 Å². The molecule has 32 heavy (non-hydrogen) atoms. The van der Waals surface area contributed by atoms with Crippen LogP contribution in [-0.2, 0) is 11.3 Å². The van der Waals surface area contributed by atoms with Crippen molar-refractivity contribution >= 4 is 28.9 Å². The molecule has 0 unspecified atom stereocenters. The van der Waals surface area contributed by atoms with Gasteiger partial charge in [-0.1, -0.05) is 54.1 Å². The first-order valence-electron chi connectivity index (χ1n) is 10.1. The predicted molar refractivity (Wildman–Crippen MR) is 123 cm³/mol. The first-order chi connectivity index (χ1) is 15.4. The van der Waals surface area contributed by atoms with Crippen LogP contribution in [0.5, 0.6) is 0 Å². The molecule has 4 rings (SSSR count). The number of nitro groups is 1. The van der Waals surface area contributed by atoms with E-state index in [-0.39, 0.29) is 18.1 Å². The van der Waals surface area contributed by atoms with Gasteiger partial charge in [-0.3, -0.25) is 19.8 Å². The van der Waals surface area contributed by atoms with Gasteiger partial charge >= 0.3 is 0 Å². The molecule has 0 aromatic heterocycles. The van der Waals surface area contributed by atoms with E-state index >= 15 is 0 Å². The smallest absolute Gasteiger partial charge is 0.269 e. The van der Waals surface area contributed by atoms with E-state index in [9.17, 15) is 14.9 Å². The Balaban J connectivity index is 1.68. The molecular formula is C24H21ClN4O3. The molecule has 0 bridgehead atoms. The fraction of sp³-hybridized carbons (Fsp3) is 0.167. The molecule has 7 nitrogen and oxygen atoms in total. The molecule has 0 saturated carbocycles. The molecule has 0 N–H and O–H groups in total. The summed E-state index contributed by atoms with van der Waals surface area (Å²) in [7, 11) is 0. The summed E-state index contributed by atoms with van der Waals surface area (Å²) in [6, 6.07) is 23.5. The first-order valence-corrected chi connectivity index (χ1v) is 10.5. The summed E-state index contributed by atoms with van der Waals surface area (Å²) in [6.07, 6.45) is -0.395. The van der Waals surface area contributed by atoms with Crippen LogP contribution < -0.4 is 0 Å². The van der Waals surface area contributed by atoms with E-state index in [1.807, 2.05) is 42.5 Å². The van der Waals surface area contributed by atoms with Crippen molar-refractivity contribution in [3.8, 4) is 0 Å². The van der Waals surface area contributed by atoms with Crippen LogP contribution in [-0.4, -0.2) is 33.0 Å². The van der Waals surface area contributed by atoms with Gasteiger partial charge in [-0.25, -0.2) is 5.01 Å². The van der Waals surface area contributed by atoms with Crippen LogP contribution >= 0.6 is 11.6 Å². The number of amides is 1. The lowest BCUT2D eigenvalue weighted by atomic mass is 10.1. The average molecular weight is 449 g/mol. The molecule has 1 atom stereocenters. The van der Waals surface area contributed by atoms with E-state index in [1.54, 1.807) is 31.2 Å². The fourth-order valence-corrected chi connectivity index (χ4v) is 3.85. The number of rotatable bonds is 6. The third-order valence-corrected chi connectivity index (χ3v) is 5.57. The van der Waals surface area contributed by atoms with Crippen LogP contribution in [0.4, 0.5) is 5.69 Å². The summed E-state index contributed by atoms with van der Waals surface area (Å²) in [5.74, 6) is -0.123. The molecule has 1 saturated heterocycles. The number of hydrogen-bond acceptors (Lipinski definition) is 5. The van der Waals surface area contributed by atoms with Gasteiger partial charge in [-0.15, -0.1) is 0 Å². The molecule has 162 valence electrons. The van der Waals surface area contributed by atoms with Crippen LogP contribution in [0.1, 0.15) is 29.8 Å². The minimum atomic E-state index is -0.446. The Morgan fingerprint density at radius 2 is 1.72 bits per heavy atom. The quantitative estimate of drug-likeness (QED) is 0.301. The highest BCUT2D eigenvalue weighted by Crippen LogP contribution is 2.33. The third kappa shape index (κ3) is 4.69. The van der Waals surface area contributed by atoms with Gasteiger partial charge in [0.1, 0.15) is 6.17 Å². The molecule has 0 spiro atoms. The molecule has 1 fully saturated rings. The van der Waals surface area contributed by atoms with Gasteiger partial charge in [0, 0.05) is 23.7 Å². The Bertz CT molecular complexity index is 1150. The summed E-state index contributed by atoms with van der Waals surface area (Å²) >= 11 is 6.08. The topological polar surface area (TPSA) is 79.0 Å². The minimum absolute atomic E-state index is 0.00637. The lowest BCUT2D eigenvalue weighted by Gasteiger charge is -2.28. The molecule has 0 radical (unpaired) electrons. The second kappa shape index (κ2) is 9.30. The van der Waals surface area contributed by atoms with E-state index in [0.717, 1.165) is 11.1 Å². The number of hydrogen-bond donors (Lipinski definition) is 0. The number of hydrazone groups is 1. The number of non-ortho nitro benzene ring substituents is 1. The lowest BCUT2D eigenvalue weighted by Crippen LogP contribution is -2.29. The van der Waals surface area contributed by atoms with Crippen molar-refractivity contribution < 1.29 is 9.72 Å². The summed E-state index contributed by atoms with van der Waals surface area (Å²) in [5, 5.41) is 17.7. The van der Waals surface area contributed by atoms with E-state index < -0.39 is 11.1 Å². The summed E-state index contributed by atoms with van der Waals surface area (Å²) in [4.78, 5) is 25.5. The maximum Gasteiger partial charge on any atom is 0.269 e. The standard InChI is InChI=1S/C24H21ClN4O3/c1-17(19-9-13-22(14-10-19)29(31)32)26-28-23(30)16-27(15-18-5-3-2-4-6-18)24(28)20-7-11-21(25)12-8-20/h2-14,24H,15-16H2,1H3/b26-17-/t24-/m1/s1. The Labute approximate surface area is 190 Å². The predicted octanol–water partition coefficient (Wildman–Crippen LogP) is 5.02. The van der Waals surface area contributed by atoms with Gasteiger partial charge in [-0.05, 0) is 47.9 Å². The van der Waals surface area contributed by atoms with Gasteiger partial charge in [0.15, 0.2) is 0 Å². The Hall–Kier alpha value is -3.55. The highest BCUT2D eigenvalue weighted by molar-refractivity contribution is 6.30. The van der Waals surface area contributed by atoms with Crippen molar-refractivity contribution in [1.82, 2.24) is 9.91 Å². The van der Waals surface area contributed by atoms with Crippen LogP contribution in [0, 0.1) is 10.1 Å². The second-order valence-corrected chi connectivity index (χ2v) is 7.98. The van der Waals surface area contributed by atoms with Crippen LogP contribution in [0.15, 0.2) is 84.0 Å². The number of nitro benzene ring substituents is 1. The zero-order valence-corrected chi connectivity index (χ0v) is 18.1. The summed E-state index contributed by atoms with van der Waals surface area (Å²) in [6.45, 7) is 2.59. The highest BCUT2D eigenvalue weighted by Gasteiger charge is 2.39. The Kier molecular flexibility index (Phi) is 6.30. The highest BCUT2D eigenvalue weighted by atomic mass is 35.5. The SMILES string of the molecule is C/C(=N/N1C(=O)CN(Cc2ccccc2)[C@H]1c1ccc(Cl)cc1)c1ccc([N+](=O)[O-])cc1. The molecule has 1 aliphatic heterocycles. The van der Waals surface area contributed by atoms with Crippen molar-refractivity contribution in [3.63, 3.8) is 0 Å². The van der Waals surface area contributed by atoms with E-state index in [4.69, 9.17) is 11.6 Å². The molecule has 1 aliphatic rings. The van der Waals surface area contributed by atoms with E-state index in [2.05, 4.69) is 10.0 Å². The normalized spacial score (nSPS) is 17.1. The molecular weight excluding hydrogens is 428 g/mol. The minimum Gasteiger partial charge on any atom is -0.271 e. The van der Waals surface area contributed by atoms with Crippen molar-refractivity contribution in [2.24, 2.45) is 5.10 Å². The zero-order chi connectivity index (χ0) is 22.7. The molecule has 1 amide bonds. The van der Waals surface area contributed by atoms with Crippen LogP contribution in [0.2, 0.25) is 5.02 Å². The van der Waals surface area contributed by atoms with Crippen molar-refractivity contribution in [2.45, 2.75) is 19.6 Å². The monoisotopic (exact) mass is 448 g/mol. The second-order valence-electron chi connectivity index (χ2n) is 7.54. The van der Waals surface area contributed by atoms with Gasteiger partial charge < -0.3 is 0 Å². The molecule has 1 heterocycles. The van der Waals surface area contributed by atoms with E-state index in [0.29, 0.717) is 22.8 Å². The average Bonchev–Trinajstić information content (AvgIpc) is 3.09. The van der Waals surface area contributed by atoms with Crippen LogP contribution in [0.25, 0.3) is 0 Å². The number of nitrogens with zero attached hydrogens (tertiary/aromatic N) is 4. The van der Waals surface area contributed by atoms with Crippen LogP contribution in [0.3, 0.4) is 0 Å². The molecule has 3 aromatic rings. The van der Waals surface area contributed by atoms with Gasteiger partial charge in [0.2, 0.25) is 0 Å². The Morgan fingerprint density at radius 3 is 2.34 bits per heavy atom. The van der Waals surface area contributed by atoms with Crippen molar-refractivity contribution in [2.75, 3.05) is 6.54 Å². The zero-order valence-electron chi connectivity index (χ0n) is 17.4. The summed E-state index contributed by atoms with van der Waals surface area (Å²) < 4.78 is 0. The van der Waals surface area contributed by atoms with Crippen molar-refractivity contribution in [3.05, 3.63) is 111 Å². The maximum absolute atomic E-state index is 13.0. The van der Waals surface area contributed by atoms with Gasteiger partial charge in [0.05, 0.1) is 17.2 Å². The first kappa shape index (κ1) is 21.7. The maximum atomic E-state index is 13.0. The largest absolute Gasteiger partial charge is 0.271 e. The number of benzene rings is 3. The summed E-state index contributed by atoms with van der Waals surface area (Å²) in [5.41, 5.74) is 3.30. The van der Waals surface area contributed by atoms with Gasteiger partial charge in [-0.2, -0.15) is 5.10 Å². The molecule has 8 heteroatoms. The number of carbonyl (C=O) groups excluding carboxylic acids is 1. The number of carbonyl (C=O) groups is 1. The Morgan fingerprint density at radius 1 is 1.06 bits per heavy atom.